The molecule has 2 aromatic rings. The van der Waals surface area contributed by atoms with Gasteiger partial charge in [-0.05, 0) is 36.2 Å². The molecule has 0 amide bonds. The first-order chi connectivity index (χ1) is 15.7. The van der Waals surface area contributed by atoms with Gasteiger partial charge in [0.1, 0.15) is 5.82 Å². The standard InChI is InChI=1S/C24H29FN2O4S2/c1-19-16-21(9-10-22(19)25)33(30,31)24-18-32(28,29)17-23(24)27-14-12-26(13-15-27)11-5-8-20-6-3-2-4-7-20/h2-10,16,23-24H,11-15,17-18H2,1H3/b8-5+/t23-,24-/m0/s1. The average Bonchev–Trinajstić information content (AvgIpc) is 3.13. The molecule has 0 unspecified atom stereocenters. The van der Waals surface area contributed by atoms with Crippen molar-refractivity contribution in [3.05, 3.63) is 71.6 Å². The molecule has 2 aliphatic rings. The maximum Gasteiger partial charge on any atom is 0.183 e. The Hall–Kier alpha value is -2.07. The Kier molecular flexibility index (Phi) is 7.04. The molecule has 2 saturated heterocycles. The van der Waals surface area contributed by atoms with E-state index in [1.54, 1.807) is 0 Å². The fourth-order valence-corrected chi connectivity index (χ4v) is 9.50. The highest BCUT2D eigenvalue weighted by Crippen LogP contribution is 2.30. The van der Waals surface area contributed by atoms with Gasteiger partial charge >= 0.3 is 0 Å². The minimum Gasteiger partial charge on any atom is -0.297 e. The molecule has 6 nitrogen and oxygen atoms in total. The fraction of sp³-hybridized carbons (Fsp3) is 0.417. The van der Waals surface area contributed by atoms with E-state index >= 15 is 0 Å². The molecule has 2 heterocycles. The molecule has 178 valence electrons. The second-order valence-corrected chi connectivity index (χ2v) is 13.1. The monoisotopic (exact) mass is 492 g/mol. The predicted octanol–water partition coefficient (Wildman–Crippen LogP) is 2.40. The van der Waals surface area contributed by atoms with Crippen molar-refractivity contribution in [2.75, 3.05) is 44.2 Å². The molecule has 4 rings (SSSR count). The number of rotatable bonds is 6. The van der Waals surface area contributed by atoms with E-state index in [0.29, 0.717) is 13.1 Å². The lowest BCUT2D eigenvalue weighted by atomic mass is 10.1. The summed E-state index contributed by atoms with van der Waals surface area (Å²) in [4.78, 5) is 4.26. The molecule has 0 N–H and O–H groups in total. The predicted molar refractivity (Wildman–Crippen MR) is 128 cm³/mol. The number of benzene rings is 2. The minimum absolute atomic E-state index is 0.0156. The Morgan fingerprint density at radius 3 is 2.39 bits per heavy atom. The van der Waals surface area contributed by atoms with E-state index in [4.69, 9.17) is 0 Å². The number of nitrogens with zero attached hydrogens (tertiary/aromatic N) is 2. The summed E-state index contributed by atoms with van der Waals surface area (Å²) in [5, 5.41) is -1.04. The minimum atomic E-state index is -3.92. The van der Waals surface area contributed by atoms with Crippen LogP contribution in [0.15, 0.2) is 59.5 Å². The zero-order valence-electron chi connectivity index (χ0n) is 18.6. The van der Waals surface area contributed by atoms with Crippen LogP contribution in [-0.2, 0) is 19.7 Å². The average molecular weight is 493 g/mol. The lowest BCUT2D eigenvalue weighted by molar-refractivity contribution is 0.113. The van der Waals surface area contributed by atoms with Gasteiger partial charge < -0.3 is 0 Å². The molecular weight excluding hydrogens is 463 g/mol. The third-order valence-corrected chi connectivity index (χ3v) is 10.6. The number of sulfone groups is 2. The van der Waals surface area contributed by atoms with Crippen LogP contribution in [0.25, 0.3) is 6.08 Å². The Bertz CT molecular complexity index is 1220. The summed E-state index contributed by atoms with van der Waals surface area (Å²) < 4.78 is 65.3. The van der Waals surface area contributed by atoms with Crippen molar-refractivity contribution in [3.8, 4) is 0 Å². The van der Waals surface area contributed by atoms with Gasteiger partial charge in [0.05, 0.1) is 21.7 Å². The van der Waals surface area contributed by atoms with Gasteiger partial charge in [-0.3, -0.25) is 9.80 Å². The topological polar surface area (TPSA) is 74.8 Å². The van der Waals surface area contributed by atoms with E-state index in [1.807, 2.05) is 35.2 Å². The molecule has 0 bridgehead atoms. The van der Waals surface area contributed by atoms with Gasteiger partial charge in [0.25, 0.3) is 0 Å². The summed E-state index contributed by atoms with van der Waals surface area (Å²) in [6.45, 7) is 4.96. The molecule has 33 heavy (non-hydrogen) atoms. The first-order valence-corrected chi connectivity index (χ1v) is 14.4. The van der Waals surface area contributed by atoms with Crippen molar-refractivity contribution in [1.82, 2.24) is 9.80 Å². The number of hydrogen-bond acceptors (Lipinski definition) is 6. The molecule has 2 atom stereocenters. The summed E-state index contributed by atoms with van der Waals surface area (Å²) in [5.41, 5.74) is 1.36. The second-order valence-electron chi connectivity index (χ2n) is 8.79. The van der Waals surface area contributed by atoms with Crippen molar-refractivity contribution in [3.63, 3.8) is 0 Å². The lowest BCUT2D eigenvalue weighted by Crippen LogP contribution is -2.54. The summed E-state index contributed by atoms with van der Waals surface area (Å²) in [6, 6.07) is 13.1. The van der Waals surface area contributed by atoms with E-state index in [1.165, 1.54) is 19.1 Å². The van der Waals surface area contributed by atoms with Crippen LogP contribution in [0.2, 0.25) is 0 Å². The Morgan fingerprint density at radius 1 is 1.03 bits per heavy atom. The molecule has 2 aliphatic heterocycles. The molecule has 2 aromatic carbocycles. The van der Waals surface area contributed by atoms with Crippen LogP contribution in [0.4, 0.5) is 4.39 Å². The van der Waals surface area contributed by atoms with Crippen molar-refractivity contribution in [2.45, 2.75) is 23.1 Å². The molecule has 0 aromatic heterocycles. The Morgan fingerprint density at radius 2 is 1.73 bits per heavy atom. The Balaban J connectivity index is 1.44. The van der Waals surface area contributed by atoms with Crippen LogP contribution in [0.5, 0.6) is 0 Å². The highest BCUT2D eigenvalue weighted by Gasteiger charge is 2.48. The largest absolute Gasteiger partial charge is 0.297 e. The van der Waals surface area contributed by atoms with Crippen LogP contribution in [0, 0.1) is 12.7 Å². The smallest absolute Gasteiger partial charge is 0.183 e. The Labute approximate surface area is 195 Å². The van der Waals surface area contributed by atoms with E-state index in [2.05, 4.69) is 17.1 Å². The zero-order valence-corrected chi connectivity index (χ0v) is 20.2. The van der Waals surface area contributed by atoms with Gasteiger partial charge in [0.2, 0.25) is 0 Å². The van der Waals surface area contributed by atoms with Crippen LogP contribution < -0.4 is 0 Å². The summed E-state index contributed by atoms with van der Waals surface area (Å²) in [6.07, 6.45) is 4.18. The first kappa shape index (κ1) is 24.1. The van der Waals surface area contributed by atoms with Crippen LogP contribution >= 0.6 is 0 Å². The van der Waals surface area contributed by atoms with Crippen LogP contribution in [-0.4, -0.2) is 82.2 Å². The number of aryl methyl sites for hydroxylation is 1. The number of halogens is 1. The van der Waals surface area contributed by atoms with E-state index in [0.717, 1.165) is 31.3 Å². The van der Waals surface area contributed by atoms with Crippen molar-refractivity contribution < 1.29 is 21.2 Å². The van der Waals surface area contributed by atoms with Gasteiger partial charge in [0.15, 0.2) is 19.7 Å². The molecule has 9 heteroatoms. The highest BCUT2D eigenvalue weighted by atomic mass is 32.2. The van der Waals surface area contributed by atoms with Gasteiger partial charge in [-0.15, -0.1) is 0 Å². The molecule has 0 spiro atoms. The normalized spacial score (nSPS) is 24.4. The van der Waals surface area contributed by atoms with Crippen LogP contribution in [0.1, 0.15) is 11.1 Å². The van der Waals surface area contributed by atoms with E-state index < -0.39 is 42.5 Å². The second kappa shape index (κ2) is 9.66. The van der Waals surface area contributed by atoms with Crippen LogP contribution in [0.3, 0.4) is 0 Å². The SMILES string of the molecule is Cc1cc(S(=O)(=O)[C@H]2CS(=O)(=O)C[C@@H]2N2CCN(C/C=C/c3ccccc3)CC2)ccc1F. The summed E-state index contributed by atoms with van der Waals surface area (Å²) in [5.74, 6) is -1.04. The van der Waals surface area contributed by atoms with Gasteiger partial charge in [-0.2, -0.15) is 0 Å². The highest BCUT2D eigenvalue weighted by molar-refractivity contribution is 7.96. The lowest BCUT2D eigenvalue weighted by Gasteiger charge is -2.39. The summed E-state index contributed by atoms with van der Waals surface area (Å²) in [7, 11) is -7.40. The van der Waals surface area contributed by atoms with Crippen molar-refractivity contribution in [2.24, 2.45) is 0 Å². The van der Waals surface area contributed by atoms with E-state index in [9.17, 15) is 21.2 Å². The quantitative estimate of drug-likeness (QED) is 0.577. The summed E-state index contributed by atoms with van der Waals surface area (Å²) >= 11 is 0. The van der Waals surface area contributed by atoms with Crippen molar-refractivity contribution >= 4 is 25.8 Å². The van der Waals surface area contributed by atoms with Gasteiger partial charge in [0, 0.05) is 38.8 Å². The fourth-order valence-electron chi connectivity index (χ4n) is 4.58. The molecule has 0 saturated carbocycles. The first-order valence-electron chi connectivity index (χ1n) is 11.0. The molecular formula is C24H29FN2O4S2. The molecule has 0 radical (unpaired) electrons. The van der Waals surface area contributed by atoms with Gasteiger partial charge in [-0.25, -0.2) is 21.2 Å². The van der Waals surface area contributed by atoms with Gasteiger partial charge in [-0.1, -0.05) is 42.5 Å². The van der Waals surface area contributed by atoms with Crippen molar-refractivity contribution in [1.29, 1.82) is 0 Å². The molecule has 2 fully saturated rings. The number of piperazine rings is 1. The third-order valence-electron chi connectivity index (χ3n) is 6.48. The maximum atomic E-state index is 13.7. The zero-order chi connectivity index (χ0) is 23.6. The maximum absolute atomic E-state index is 13.7. The van der Waals surface area contributed by atoms with E-state index in [-0.39, 0.29) is 16.2 Å². The molecule has 0 aliphatic carbocycles. The third kappa shape index (κ3) is 5.54. The number of hydrogen-bond donors (Lipinski definition) is 0.